The summed E-state index contributed by atoms with van der Waals surface area (Å²) in [5.74, 6) is 1.54. The Bertz CT molecular complexity index is 552. The van der Waals surface area contributed by atoms with Crippen LogP contribution in [0.3, 0.4) is 0 Å². The van der Waals surface area contributed by atoms with Crippen molar-refractivity contribution < 1.29 is 4.74 Å². The molecule has 0 aliphatic heterocycles. The molecule has 0 radical (unpaired) electrons. The summed E-state index contributed by atoms with van der Waals surface area (Å²) in [5.41, 5.74) is 9.13. The minimum Gasteiger partial charge on any atom is -0.496 e. The van der Waals surface area contributed by atoms with Crippen LogP contribution in [0.4, 0.5) is 5.69 Å². The second-order valence-corrected chi connectivity index (χ2v) is 3.92. The van der Waals surface area contributed by atoms with Crippen LogP contribution in [0.2, 0.25) is 0 Å². The lowest BCUT2D eigenvalue weighted by Crippen LogP contribution is -1.98. The molecule has 0 fully saturated rings. The minimum absolute atomic E-state index is 0.610. The number of rotatable bonds is 2. The average molecular weight is 229 g/mol. The predicted molar refractivity (Wildman–Crippen MR) is 67.9 cm³/mol. The third-order valence-corrected chi connectivity index (χ3v) is 2.67. The second-order valence-electron chi connectivity index (χ2n) is 3.92. The molecule has 0 aliphatic rings. The van der Waals surface area contributed by atoms with E-state index in [1.807, 2.05) is 32.0 Å². The Morgan fingerprint density at radius 2 is 2.00 bits per heavy atom. The molecule has 0 unspecified atom stereocenters. The third kappa shape index (κ3) is 2.20. The summed E-state index contributed by atoms with van der Waals surface area (Å²) in [6.45, 7) is 3.86. The van der Waals surface area contributed by atoms with Crippen molar-refractivity contribution in [3.63, 3.8) is 0 Å². The fraction of sp³-hybridized carbons (Fsp3) is 0.231. The van der Waals surface area contributed by atoms with Gasteiger partial charge in [0.05, 0.1) is 24.7 Å². The van der Waals surface area contributed by atoms with Crippen LogP contribution >= 0.6 is 0 Å². The zero-order valence-electron chi connectivity index (χ0n) is 10.2. The Hall–Kier alpha value is -2.10. The van der Waals surface area contributed by atoms with Gasteiger partial charge in [0.15, 0.2) is 5.82 Å². The first-order valence-electron chi connectivity index (χ1n) is 5.36. The van der Waals surface area contributed by atoms with Crippen molar-refractivity contribution in [2.45, 2.75) is 13.8 Å². The molecule has 0 aliphatic carbocycles. The molecule has 0 amide bonds. The molecule has 0 saturated heterocycles. The van der Waals surface area contributed by atoms with Gasteiger partial charge in [0.25, 0.3) is 0 Å². The summed E-state index contributed by atoms with van der Waals surface area (Å²) in [7, 11) is 1.66. The molecular formula is C13H15N3O. The van der Waals surface area contributed by atoms with Gasteiger partial charge in [0.2, 0.25) is 0 Å². The van der Waals surface area contributed by atoms with Crippen LogP contribution in [0.5, 0.6) is 5.75 Å². The van der Waals surface area contributed by atoms with E-state index >= 15 is 0 Å². The van der Waals surface area contributed by atoms with Crippen molar-refractivity contribution >= 4 is 5.69 Å². The van der Waals surface area contributed by atoms with Gasteiger partial charge < -0.3 is 10.5 Å². The molecule has 1 heterocycles. The molecule has 1 aromatic carbocycles. The maximum atomic E-state index is 5.70. The van der Waals surface area contributed by atoms with Crippen LogP contribution in [0, 0.1) is 13.8 Å². The molecule has 0 spiro atoms. The number of aromatic nitrogens is 2. The van der Waals surface area contributed by atoms with Gasteiger partial charge in [-0.3, -0.25) is 0 Å². The highest BCUT2D eigenvalue weighted by Gasteiger charge is 2.06. The van der Waals surface area contributed by atoms with Gasteiger partial charge in [0, 0.05) is 5.56 Å². The molecule has 2 N–H and O–H groups in total. The number of hydrogen-bond acceptors (Lipinski definition) is 4. The number of nitrogens with zero attached hydrogens (tertiary/aromatic N) is 2. The monoisotopic (exact) mass is 229 g/mol. The van der Waals surface area contributed by atoms with Crippen LogP contribution in [0.15, 0.2) is 24.4 Å². The Labute approximate surface area is 100 Å². The Morgan fingerprint density at radius 1 is 1.24 bits per heavy atom. The van der Waals surface area contributed by atoms with Crippen molar-refractivity contribution in [2.75, 3.05) is 12.8 Å². The summed E-state index contributed by atoms with van der Waals surface area (Å²) >= 11 is 0. The molecule has 2 aromatic rings. The van der Waals surface area contributed by atoms with E-state index in [-0.39, 0.29) is 0 Å². The fourth-order valence-electron chi connectivity index (χ4n) is 1.63. The van der Waals surface area contributed by atoms with E-state index < -0.39 is 0 Å². The second kappa shape index (κ2) is 4.41. The lowest BCUT2D eigenvalue weighted by atomic mass is 10.1. The van der Waals surface area contributed by atoms with E-state index in [2.05, 4.69) is 9.97 Å². The van der Waals surface area contributed by atoms with Crippen LogP contribution in [-0.2, 0) is 0 Å². The number of anilines is 1. The zero-order valence-corrected chi connectivity index (χ0v) is 10.2. The van der Waals surface area contributed by atoms with Crippen molar-refractivity contribution in [3.05, 3.63) is 35.7 Å². The lowest BCUT2D eigenvalue weighted by Gasteiger charge is -2.07. The van der Waals surface area contributed by atoms with E-state index in [9.17, 15) is 0 Å². The Balaban J connectivity index is 2.46. The fourth-order valence-corrected chi connectivity index (χ4v) is 1.63. The SMILES string of the molecule is COc1ccc(-c2ncc(N)c(C)n2)cc1C. The summed E-state index contributed by atoms with van der Waals surface area (Å²) in [4.78, 5) is 8.59. The normalized spacial score (nSPS) is 10.3. The molecule has 4 heteroatoms. The van der Waals surface area contributed by atoms with Crippen molar-refractivity contribution in [2.24, 2.45) is 0 Å². The number of nitrogens with two attached hydrogens (primary N) is 1. The highest BCUT2D eigenvalue weighted by atomic mass is 16.5. The van der Waals surface area contributed by atoms with Crippen LogP contribution in [0.25, 0.3) is 11.4 Å². The number of benzene rings is 1. The molecular weight excluding hydrogens is 214 g/mol. The van der Waals surface area contributed by atoms with Gasteiger partial charge in [0.1, 0.15) is 5.75 Å². The average Bonchev–Trinajstić information content (AvgIpc) is 2.32. The molecule has 17 heavy (non-hydrogen) atoms. The van der Waals surface area contributed by atoms with Crippen molar-refractivity contribution in [3.8, 4) is 17.1 Å². The van der Waals surface area contributed by atoms with Crippen LogP contribution < -0.4 is 10.5 Å². The number of aryl methyl sites for hydroxylation is 2. The lowest BCUT2D eigenvalue weighted by molar-refractivity contribution is 0.412. The highest BCUT2D eigenvalue weighted by Crippen LogP contribution is 2.24. The summed E-state index contributed by atoms with van der Waals surface area (Å²) in [6.07, 6.45) is 1.64. The molecule has 2 rings (SSSR count). The van der Waals surface area contributed by atoms with E-state index in [4.69, 9.17) is 10.5 Å². The molecule has 0 bridgehead atoms. The van der Waals surface area contributed by atoms with Gasteiger partial charge in [-0.15, -0.1) is 0 Å². The highest BCUT2D eigenvalue weighted by molar-refractivity contribution is 5.60. The first kappa shape index (κ1) is 11.4. The standard InChI is InChI=1S/C13H15N3O/c1-8-6-10(4-5-12(8)17-3)13-15-7-11(14)9(2)16-13/h4-7H,14H2,1-3H3. The molecule has 0 atom stereocenters. The largest absolute Gasteiger partial charge is 0.496 e. The minimum atomic E-state index is 0.610. The smallest absolute Gasteiger partial charge is 0.159 e. The first-order chi connectivity index (χ1) is 8.11. The maximum absolute atomic E-state index is 5.70. The molecule has 1 aromatic heterocycles. The molecule has 4 nitrogen and oxygen atoms in total. The third-order valence-electron chi connectivity index (χ3n) is 2.67. The summed E-state index contributed by atoms with van der Waals surface area (Å²) < 4.78 is 5.22. The number of hydrogen-bond donors (Lipinski definition) is 1. The van der Waals surface area contributed by atoms with Gasteiger partial charge >= 0.3 is 0 Å². The predicted octanol–water partition coefficient (Wildman–Crippen LogP) is 2.35. The summed E-state index contributed by atoms with van der Waals surface area (Å²) in [5, 5.41) is 0. The van der Waals surface area contributed by atoms with Crippen molar-refractivity contribution in [1.29, 1.82) is 0 Å². The summed E-state index contributed by atoms with van der Waals surface area (Å²) in [6, 6.07) is 5.86. The van der Waals surface area contributed by atoms with E-state index in [1.54, 1.807) is 13.3 Å². The van der Waals surface area contributed by atoms with Gasteiger partial charge in [-0.25, -0.2) is 9.97 Å². The van der Waals surface area contributed by atoms with Crippen molar-refractivity contribution in [1.82, 2.24) is 9.97 Å². The van der Waals surface area contributed by atoms with E-state index in [0.717, 1.165) is 22.6 Å². The Kier molecular flexibility index (Phi) is 2.95. The van der Waals surface area contributed by atoms with E-state index in [1.165, 1.54) is 0 Å². The number of methoxy groups -OCH3 is 1. The van der Waals surface area contributed by atoms with Crippen LogP contribution in [-0.4, -0.2) is 17.1 Å². The zero-order chi connectivity index (χ0) is 12.4. The first-order valence-corrected chi connectivity index (χ1v) is 5.36. The van der Waals surface area contributed by atoms with Crippen LogP contribution in [0.1, 0.15) is 11.3 Å². The number of ether oxygens (including phenoxy) is 1. The maximum Gasteiger partial charge on any atom is 0.159 e. The topological polar surface area (TPSA) is 61.0 Å². The van der Waals surface area contributed by atoms with Gasteiger partial charge in [-0.1, -0.05) is 0 Å². The number of nitrogen functional groups attached to an aromatic ring is 1. The van der Waals surface area contributed by atoms with Gasteiger partial charge in [-0.2, -0.15) is 0 Å². The quantitative estimate of drug-likeness (QED) is 0.858. The molecule has 88 valence electrons. The van der Waals surface area contributed by atoms with Gasteiger partial charge in [-0.05, 0) is 37.6 Å². The Morgan fingerprint density at radius 3 is 2.59 bits per heavy atom. The molecule has 0 saturated carbocycles. The van der Waals surface area contributed by atoms with E-state index in [0.29, 0.717) is 11.5 Å².